The fourth-order valence-electron chi connectivity index (χ4n) is 1.74. The Balaban J connectivity index is 2.30. The number of aliphatic imine (C=N–C) groups is 1. The third-order valence-corrected chi connectivity index (χ3v) is 2.82. The molecule has 1 aromatic rings. The van der Waals surface area contributed by atoms with Crippen LogP contribution in [0.25, 0.3) is 0 Å². The lowest BCUT2D eigenvalue weighted by atomic mass is 10.2. The zero-order valence-corrected chi connectivity index (χ0v) is 12.6. The van der Waals surface area contributed by atoms with E-state index in [1.54, 1.807) is 19.2 Å². The number of hydrogen-bond donors (Lipinski definition) is 3. The Morgan fingerprint density at radius 3 is 2.76 bits per heavy atom. The number of unbranched alkanes of at least 4 members (excludes halogenated alkanes) is 2. The van der Waals surface area contributed by atoms with Crippen LogP contribution in [0.1, 0.15) is 26.2 Å². The summed E-state index contributed by atoms with van der Waals surface area (Å²) in [7, 11) is 1.65. The van der Waals surface area contributed by atoms with Crippen molar-refractivity contribution in [1.82, 2.24) is 10.6 Å². The quantitative estimate of drug-likeness (QED) is 0.410. The molecule has 0 unspecified atom stereocenters. The van der Waals surface area contributed by atoms with E-state index in [0.29, 0.717) is 11.6 Å². The minimum atomic E-state index is -0.380. The average Bonchev–Trinajstić information content (AvgIpc) is 2.46. The number of carbonyl (C=O) groups is 1. The van der Waals surface area contributed by atoms with Gasteiger partial charge in [0.25, 0.3) is 0 Å². The monoisotopic (exact) mass is 294 g/mol. The molecule has 0 saturated heterocycles. The third kappa shape index (κ3) is 7.29. The van der Waals surface area contributed by atoms with Crippen LogP contribution < -0.4 is 16.0 Å². The van der Waals surface area contributed by atoms with Crippen molar-refractivity contribution in [2.75, 3.05) is 25.5 Å². The lowest BCUT2D eigenvalue weighted by Gasteiger charge is -2.11. The topological polar surface area (TPSA) is 65.5 Å². The highest BCUT2D eigenvalue weighted by atomic mass is 19.1. The molecule has 6 heteroatoms. The Labute approximate surface area is 125 Å². The second-order valence-electron chi connectivity index (χ2n) is 4.62. The number of hydrogen-bond acceptors (Lipinski definition) is 2. The molecule has 0 fully saturated rings. The van der Waals surface area contributed by atoms with E-state index in [1.807, 2.05) is 0 Å². The zero-order valence-electron chi connectivity index (χ0n) is 12.6. The minimum Gasteiger partial charge on any atom is -0.356 e. The number of benzene rings is 1. The second kappa shape index (κ2) is 9.74. The third-order valence-electron chi connectivity index (χ3n) is 2.82. The fraction of sp³-hybridized carbons (Fsp3) is 0.467. The lowest BCUT2D eigenvalue weighted by Crippen LogP contribution is -2.41. The predicted octanol–water partition coefficient (Wildman–Crippen LogP) is 2.12. The van der Waals surface area contributed by atoms with Crippen molar-refractivity contribution in [3.63, 3.8) is 0 Å². The Kier molecular flexibility index (Phi) is 7.86. The molecule has 0 aliphatic heterocycles. The van der Waals surface area contributed by atoms with Crippen LogP contribution in [0.2, 0.25) is 0 Å². The van der Waals surface area contributed by atoms with Crippen LogP contribution in [0, 0.1) is 5.82 Å². The Morgan fingerprint density at radius 1 is 1.29 bits per heavy atom. The zero-order chi connectivity index (χ0) is 15.5. The maximum Gasteiger partial charge on any atom is 0.243 e. The first kappa shape index (κ1) is 16.9. The van der Waals surface area contributed by atoms with Crippen LogP contribution in [-0.2, 0) is 4.79 Å². The van der Waals surface area contributed by atoms with Crippen molar-refractivity contribution in [3.8, 4) is 0 Å². The molecule has 0 heterocycles. The summed E-state index contributed by atoms with van der Waals surface area (Å²) in [6.07, 6.45) is 3.38. The van der Waals surface area contributed by atoms with Crippen LogP contribution in [-0.4, -0.2) is 32.0 Å². The number of nitrogens with one attached hydrogen (secondary N) is 3. The lowest BCUT2D eigenvalue weighted by molar-refractivity contribution is -0.115. The van der Waals surface area contributed by atoms with Crippen LogP contribution in [0.15, 0.2) is 29.3 Å². The number of rotatable bonds is 7. The summed E-state index contributed by atoms with van der Waals surface area (Å²) in [5.74, 6) is -0.0493. The molecular formula is C15H23FN4O. The van der Waals surface area contributed by atoms with Gasteiger partial charge in [-0.15, -0.1) is 0 Å². The molecule has 5 nitrogen and oxygen atoms in total. The van der Waals surface area contributed by atoms with Gasteiger partial charge in [0, 0.05) is 19.3 Å². The molecule has 0 aliphatic carbocycles. The smallest absolute Gasteiger partial charge is 0.243 e. The molecule has 0 saturated carbocycles. The maximum atomic E-state index is 13.0. The molecule has 3 N–H and O–H groups in total. The Morgan fingerprint density at radius 2 is 2.10 bits per heavy atom. The van der Waals surface area contributed by atoms with E-state index in [-0.39, 0.29) is 18.3 Å². The van der Waals surface area contributed by atoms with E-state index in [0.717, 1.165) is 25.8 Å². The van der Waals surface area contributed by atoms with Gasteiger partial charge in [-0.3, -0.25) is 9.79 Å². The van der Waals surface area contributed by atoms with E-state index in [1.165, 1.54) is 12.1 Å². The highest BCUT2D eigenvalue weighted by Gasteiger charge is 2.04. The van der Waals surface area contributed by atoms with E-state index in [9.17, 15) is 9.18 Å². The van der Waals surface area contributed by atoms with Gasteiger partial charge in [0.2, 0.25) is 5.91 Å². The molecule has 0 atom stereocenters. The highest BCUT2D eigenvalue weighted by Crippen LogP contribution is 2.08. The molecule has 116 valence electrons. The number of halogens is 1. The van der Waals surface area contributed by atoms with Crippen LogP contribution in [0.3, 0.4) is 0 Å². The number of guanidine groups is 1. The summed E-state index contributed by atoms with van der Waals surface area (Å²) in [5.41, 5.74) is 0.438. The van der Waals surface area contributed by atoms with Gasteiger partial charge in [0.1, 0.15) is 5.82 Å². The average molecular weight is 294 g/mol. The highest BCUT2D eigenvalue weighted by molar-refractivity contribution is 5.94. The van der Waals surface area contributed by atoms with Crippen molar-refractivity contribution < 1.29 is 9.18 Å². The van der Waals surface area contributed by atoms with Gasteiger partial charge in [-0.05, 0) is 24.6 Å². The van der Waals surface area contributed by atoms with E-state index < -0.39 is 0 Å². The van der Waals surface area contributed by atoms with Crippen LogP contribution in [0.5, 0.6) is 0 Å². The Bertz CT molecular complexity index is 476. The first-order chi connectivity index (χ1) is 10.2. The van der Waals surface area contributed by atoms with Gasteiger partial charge in [-0.25, -0.2) is 4.39 Å². The number of carbonyl (C=O) groups excluding carboxylic acids is 1. The Hall–Kier alpha value is -2.11. The largest absolute Gasteiger partial charge is 0.356 e. The number of anilines is 1. The van der Waals surface area contributed by atoms with Gasteiger partial charge < -0.3 is 16.0 Å². The van der Waals surface area contributed by atoms with Gasteiger partial charge in [0.15, 0.2) is 5.96 Å². The van der Waals surface area contributed by atoms with Crippen LogP contribution >= 0.6 is 0 Å². The van der Waals surface area contributed by atoms with Gasteiger partial charge >= 0.3 is 0 Å². The number of amides is 1. The molecule has 0 radical (unpaired) electrons. The molecule has 0 spiro atoms. The predicted molar refractivity (Wildman–Crippen MR) is 83.9 cm³/mol. The molecule has 0 aromatic heterocycles. The van der Waals surface area contributed by atoms with E-state index >= 15 is 0 Å². The molecule has 1 rings (SSSR count). The summed E-state index contributed by atoms with van der Waals surface area (Å²) in [5, 5.41) is 8.66. The summed E-state index contributed by atoms with van der Waals surface area (Å²) >= 11 is 0. The summed E-state index contributed by atoms with van der Waals surface area (Å²) in [6.45, 7) is 3.03. The van der Waals surface area contributed by atoms with Crippen LogP contribution in [0.4, 0.5) is 10.1 Å². The van der Waals surface area contributed by atoms with Crippen molar-refractivity contribution >= 4 is 17.6 Å². The van der Waals surface area contributed by atoms with Gasteiger partial charge in [-0.2, -0.15) is 0 Å². The number of nitrogens with zero attached hydrogens (tertiary/aromatic N) is 1. The van der Waals surface area contributed by atoms with E-state index in [2.05, 4.69) is 27.9 Å². The molecule has 1 amide bonds. The van der Waals surface area contributed by atoms with Crippen molar-refractivity contribution in [1.29, 1.82) is 0 Å². The van der Waals surface area contributed by atoms with E-state index in [4.69, 9.17) is 0 Å². The fourth-order valence-corrected chi connectivity index (χ4v) is 1.74. The standard InChI is InChI=1S/C15H23FN4O/c1-3-4-5-9-18-15(17-2)19-11-14(21)20-13-8-6-7-12(16)10-13/h6-8,10H,3-5,9,11H2,1-2H3,(H,20,21)(H2,17,18,19). The molecule has 0 bridgehead atoms. The van der Waals surface area contributed by atoms with Crippen molar-refractivity contribution in [2.45, 2.75) is 26.2 Å². The molecule has 1 aromatic carbocycles. The molecular weight excluding hydrogens is 271 g/mol. The molecule has 21 heavy (non-hydrogen) atoms. The van der Waals surface area contributed by atoms with Gasteiger partial charge in [-0.1, -0.05) is 25.8 Å². The molecule has 0 aliphatic rings. The van der Waals surface area contributed by atoms with Gasteiger partial charge in [0.05, 0.1) is 6.54 Å². The SMILES string of the molecule is CCCCCNC(=NC)NCC(=O)Nc1cccc(F)c1. The summed E-state index contributed by atoms with van der Waals surface area (Å²) < 4.78 is 13.0. The second-order valence-corrected chi connectivity index (χ2v) is 4.62. The van der Waals surface area contributed by atoms with Crippen molar-refractivity contribution in [2.24, 2.45) is 4.99 Å². The first-order valence-electron chi connectivity index (χ1n) is 7.15. The normalized spacial score (nSPS) is 11.1. The minimum absolute atomic E-state index is 0.0734. The summed E-state index contributed by atoms with van der Waals surface area (Å²) in [4.78, 5) is 15.8. The maximum absolute atomic E-state index is 13.0. The summed E-state index contributed by atoms with van der Waals surface area (Å²) in [6, 6.07) is 5.79. The van der Waals surface area contributed by atoms with Crippen molar-refractivity contribution in [3.05, 3.63) is 30.1 Å². The first-order valence-corrected chi connectivity index (χ1v) is 7.15.